The lowest BCUT2D eigenvalue weighted by molar-refractivity contribution is -0.142. The summed E-state index contributed by atoms with van der Waals surface area (Å²) < 4.78 is 4.40. The van der Waals surface area contributed by atoms with Crippen molar-refractivity contribution in [1.29, 1.82) is 0 Å². The highest BCUT2D eigenvalue weighted by Gasteiger charge is 2.09. The summed E-state index contributed by atoms with van der Waals surface area (Å²) in [7, 11) is 1.23. The van der Waals surface area contributed by atoms with E-state index in [0.717, 1.165) is 0 Å². The molecule has 8 nitrogen and oxygen atoms in total. The van der Waals surface area contributed by atoms with E-state index >= 15 is 0 Å². The number of methoxy groups -OCH3 is 1. The van der Waals surface area contributed by atoms with Crippen LogP contribution in [0.1, 0.15) is 30.1 Å². The van der Waals surface area contributed by atoms with Crippen LogP contribution in [-0.4, -0.2) is 30.8 Å². The molecule has 0 aromatic heterocycles. The third-order valence-electron chi connectivity index (χ3n) is 2.57. The number of hydrogen-bond acceptors (Lipinski definition) is 5. The first-order valence-corrected chi connectivity index (χ1v) is 6.46. The van der Waals surface area contributed by atoms with Crippen molar-refractivity contribution in [3.05, 3.63) is 29.8 Å². The minimum absolute atomic E-state index is 0.0659. The van der Waals surface area contributed by atoms with E-state index in [1.807, 2.05) is 0 Å². The molecule has 0 radical (unpaired) electrons. The molecule has 1 aromatic carbocycles. The SMILES string of the molecule is COC(=O)CCC(=O)NNC(=O)c1ccc(NC(C)=O)cc1. The third kappa shape index (κ3) is 6.04. The zero-order valence-electron chi connectivity index (χ0n) is 12.3. The molecule has 8 heteroatoms. The van der Waals surface area contributed by atoms with Crippen molar-refractivity contribution >= 4 is 29.4 Å². The summed E-state index contributed by atoms with van der Waals surface area (Å²) in [6.45, 7) is 1.38. The van der Waals surface area contributed by atoms with Crippen LogP contribution in [0.2, 0.25) is 0 Å². The molecule has 0 aliphatic rings. The fourth-order valence-corrected chi connectivity index (χ4v) is 1.49. The Bertz CT molecular complexity index is 568. The number of nitrogens with one attached hydrogen (secondary N) is 3. The number of amides is 3. The predicted octanol–water partition coefficient (Wildman–Crippen LogP) is 0.359. The Labute approximate surface area is 127 Å². The lowest BCUT2D eigenvalue weighted by Crippen LogP contribution is -2.41. The number of anilines is 1. The van der Waals surface area contributed by atoms with Gasteiger partial charge < -0.3 is 10.1 Å². The predicted molar refractivity (Wildman–Crippen MR) is 77.6 cm³/mol. The van der Waals surface area contributed by atoms with Crippen molar-refractivity contribution in [3.63, 3.8) is 0 Å². The number of ether oxygens (including phenoxy) is 1. The summed E-state index contributed by atoms with van der Waals surface area (Å²) >= 11 is 0. The highest BCUT2D eigenvalue weighted by molar-refractivity contribution is 5.96. The fourth-order valence-electron chi connectivity index (χ4n) is 1.49. The van der Waals surface area contributed by atoms with Gasteiger partial charge in [0, 0.05) is 24.6 Å². The van der Waals surface area contributed by atoms with Gasteiger partial charge in [-0.25, -0.2) is 0 Å². The first-order valence-electron chi connectivity index (χ1n) is 6.46. The Morgan fingerprint density at radius 3 is 2.18 bits per heavy atom. The monoisotopic (exact) mass is 307 g/mol. The molecular weight excluding hydrogens is 290 g/mol. The van der Waals surface area contributed by atoms with Crippen LogP contribution in [0.5, 0.6) is 0 Å². The fraction of sp³-hybridized carbons (Fsp3) is 0.286. The van der Waals surface area contributed by atoms with Crippen LogP contribution in [0.3, 0.4) is 0 Å². The third-order valence-corrected chi connectivity index (χ3v) is 2.57. The van der Waals surface area contributed by atoms with Crippen LogP contribution >= 0.6 is 0 Å². The van der Waals surface area contributed by atoms with Crippen molar-refractivity contribution < 1.29 is 23.9 Å². The molecule has 0 saturated carbocycles. The number of hydrazine groups is 1. The lowest BCUT2D eigenvalue weighted by atomic mass is 10.2. The van der Waals surface area contributed by atoms with Crippen LogP contribution in [0.25, 0.3) is 0 Å². The van der Waals surface area contributed by atoms with E-state index in [9.17, 15) is 19.2 Å². The normalized spacial score (nSPS) is 9.55. The Kier molecular flexibility index (Phi) is 6.55. The van der Waals surface area contributed by atoms with Gasteiger partial charge in [-0.3, -0.25) is 30.0 Å². The van der Waals surface area contributed by atoms with Crippen molar-refractivity contribution in [1.82, 2.24) is 10.9 Å². The zero-order valence-corrected chi connectivity index (χ0v) is 12.3. The quantitative estimate of drug-likeness (QED) is 0.537. The lowest BCUT2D eigenvalue weighted by Gasteiger charge is -2.08. The second kappa shape index (κ2) is 8.40. The van der Waals surface area contributed by atoms with E-state index in [4.69, 9.17) is 0 Å². The van der Waals surface area contributed by atoms with Gasteiger partial charge in [0.25, 0.3) is 5.91 Å². The summed E-state index contributed by atoms with van der Waals surface area (Å²) in [5, 5.41) is 2.57. The Morgan fingerprint density at radius 1 is 1.00 bits per heavy atom. The largest absolute Gasteiger partial charge is 0.469 e. The minimum Gasteiger partial charge on any atom is -0.469 e. The smallest absolute Gasteiger partial charge is 0.306 e. The molecule has 3 amide bonds. The molecule has 0 heterocycles. The van der Waals surface area contributed by atoms with E-state index in [2.05, 4.69) is 20.9 Å². The topological polar surface area (TPSA) is 114 Å². The molecule has 1 aromatic rings. The Hall–Kier alpha value is -2.90. The van der Waals surface area contributed by atoms with Gasteiger partial charge in [-0.15, -0.1) is 0 Å². The van der Waals surface area contributed by atoms with Gasteiger partial charge in [0.05, 0.1) is 13.5 Å². The van der Waals surface area contributed by atoms with Crippen molar-refractivity contribution in [2.75, 3.05) is 12.4 Å². The number of rotatable bonds is 5. The molecule has 22 heavy (non-hydrogen) atoms. The number of carbonyl (C=O) groups is 4. The van der Waals surface area contributed by atoms with Crippen LogP contribution in [0.15, 0.2) is 24.3 Å². The van der Waals surface area contributed by atoms with Gasteiger partial charge in [0.2, 0.25) is 11.8 Å². The van der Waals surface area contributed by atoms with Crippen molar-refractivity contribution in [3.8, 4) is 0 Å². The van der Waals surface area contributed by atoms with Crippen LogP contribution in [0, 0.1) is 0 Å². The first-order chi connectivity index (χ1) is 10.4. The number of carbonyl (C=O) groups excluding carboxylic acids is 4. The summed E-state index contributed by atoms with van der Waals surface area (Å²) in [4.78, 5) is 44.9. The number of esters is 1. The van der Waals surface area contributed by atoms with Gasteiger partial charge in [-0.05, 0) is 24.3 Å². The van der Waals surface area contributed by atoms with Crippen LogP contribution < -0.4 is 16.2 Å². The average molecular weight is 307 g/mol. The maximum Gasteiger partial charge on any atom is 0.306 e. The average Bonchev–Trinajstić information content (AvgIpc) is 2.50. The number of benzene rings is 1. The number of hydrogen-bond donors (Lipinski definition) is 3. The summed E-state index contributed by atoms with van der Waals surface area (Å²) in [6.07, 6.45) is -0.155. The standard InChI is InChI=1S/C14H17N3O5/c1-9(18)15-11-5-3-10(4-6-11)14(21)17-16-12(19)7-8-13(20)22-2/h3-6H,7-8H2,1-2H3,(H,15,18)(H,16,19)(H,17,21). The first kappa shape index (κ1) is 17.2. The second-order valence-electron chi connectivity index (χ2n) is 4.34. The zero-order chi connectivity index (χ0) is 16.5. The van der Waals surface area contributed by atoms with Gasteiger partial charge in [-0.1, -0.05) is 0 Å². The van der Waals surface area contributed by atoms with Gasteiger partial charge in [0.15, 0.2) is 0 Å². The second-order valence-corrected chi connectivity index (χ2v) is 4.34. The summed E-state index contributed by atoms with van der Waals surface area (Å²) in [5.74, 6) is -1.74. The highest BCUT2D eigenvalue weighted by atomic mass is 16.5. The molecule has 0 spiro atoms. The molecular formula is C14H17N3O5. The maximum atomic E-state index is 11.8. The molecule has 0 saturated heterocycles. The molecule has 0 unspecified atom stereocenters. The molecule has 0 fully saturated rings. The minimum atomic E-state index is -0.513. The van der Waals surface area contributed by atoms with Gasteiger partial charge >= 0.3 is 5.97 Å². The van der Waals surface area contributed by atoms with Crippen LogP contribution in [0.4, 0.5) is 5.69 Å². The van der Waals surface area contributed by atoms with E-state index in [-0.39, 0.29) is 18.7 Å². The van der Waals surface area contributed by atoms with E-state index in [1.54, 1.807) is 12.1 Å². The molecule has 0 atom stereocenters. The van der Waals surface area contributed by atoms with E-state index < -0.39 is 17.8 Å². The molecule has 1 rings (SSSR count). The summed E-state index contributed by atoms with van der Waals surface area (Å²) in [6, 6.07) is 6.13. The molecule has 3 N–H and O–H groups in total. The van der Waals surface area contributed by atoms with E-state index in [0.29, 0.717) is 11.3 Å². The maximum absolute atomic E-state index is 11.8. The van der Waals surface area contributed by atoms with Crippen molar-refractivity contribution in [2.24, 2.45) is 0 Å². The molecule has 0 bridgehead atoms. The molecule has 0 aliphatic heterocycles. The van der Waals surface area contributed by atoms with Gasteiger partial charge in [0.1, 0.15) is 0 Å². The molecule has 118 valence electrons. The Balaban J connectivity index is 2.43. The highest BCUT2D eigenvalue weighted by Crippen LogP contribution is 2.09. The van der Waals surface area contributed by atoms with Crippen LogP contribution in [-0.2, 0) is 19.1 Å². The van der Waals surface area contributed by atoms with E-state index in [1.165, 1.54) is 26.2 Å². The van der Waals surface area contributed by atoms with Crippen molar-refractivity contribution in [2.45, 2.75) is 19.8 Å². The molecule has 0 aliphatic carbocycles. The Morgan fingerprint density at radius 2 is 1.64 bits per heavy atom. The van der Waals surface area contributed by atoms with Gasteiger partial charge in [-0.2, -0.15) is 0 Å². The summed E-state index contributed by atoms with van der Waals surface area (Å²) in [5.41, 5.74) is 5.28.